The number of hydrogen-bond acceptors (Lipinski definition) is 4. The number of nitriles is 2. The van der Waals surface area contributed by atoms with Gasteiger partial charge < -0.3 is 4.57 Å². The van der Waals surface area contributed by atoms with Crippen LogP contribution in [0.3, 0.4) is 0 Å². The fourth-order valence-electron chi connectivity index (χ4n) is 8.25. The third-order valence-corrected chi connectivity index (χ3v) is 11.0. The Morgan fingerprint density at radius 1 is 0.397 bits per heavy atom. The van der Waals surface area contributed by atoms with Crippen LogP contribution in [0.2, 0.25) is 0 Å². The monoisotopic (exact) mass is 742 g/mol. The van der Waals surface area contributed by atoms with Crippen LogP contribution in [0.25, 0.3) is 72.0 Å². The van der Waals surface area contributed by atoms with Gasteiger partial charge >= 0.3 is 0 Å². The first-order chi connectivity index (χ1) is 28.5. The first-order valence-corrected chi connectivity index (χ1v) is 18.9. The van der Waals surface area contributed by atoms with Crippen molar-refractivity contribution in [3.63, 3.8) is 0 Å². The van der Waals surface area contributed by atoms with E-state index in [-0.39, 0.29) is 5.91 Å². The highest BCUT2D eigenvalue weighted by atomic mass is 16.2. The second-order valence-electron chi connectivity index (χ2n) is 14.3. The topological polar surface area (TPSA) is 89.9 Å². The summed E-state index contributed by atoms with van der Waals surface area (Å²) in [5.74, 6) is -0.794. The zero-order chi connectivity index (χ0) is 39.3. The molecule has 0 saturated carbocycles. The third-order valence-electron chi connectivity index (χ3n) is 11.0. The van der Waals surface area contributed by atoms with E-state index in [1.165, 1.54) is 4.90 Å². The number of rotatable bonds is 6. The predicted molar refractivity (Wildman–Crippen MR) is 230 cm³/mol. The lowest BCUT2D eigenvalue weighted by atomic mass is 9.95. The number of amides is 2. The van der Waals surface area contributed by atoms with Gasteiger partial charge in [-0.3, -0.25) is 9.59 Å². The molecule has 8 aromatic carbocycles. The van der Waals surface area contributed by atoms with Gasteiger partial charge in [0.15, 0.2) is 0 Å². The van der Waals surface area contributed by atoms with Crippen LogP contribution >= 0.6 is 0 Å². The standard InChI is InChI=1S/C52H30N4O2/c53-31-33-17-21-35(22-18-33)39-25-27-43-44-28-26-40(36-23-19-34(32-54)20-24-36)30-48(44)55(47(43)29-39)46-16-8-15-45-49(46)52(58)56(51(45)57)50-41(37-9-3-1-4-10-37)13-7-14-42(50)38-11-5-2-6-12-38/h1-30H. The molecule has 6 heteroatoms. The summed E-state index contributed by atoms with van der Waals surface area (Å²) < 4.78 is 2.10. The van der Waals surface area contributed by atoms with Crippen LogP contribution in [0, 0.1) is 22.7 Å². The van der Waals surface area contributed by atoms with Crippen molar-refractivity contribution in [1.29, 1.82) is 10.5 Å². The summed E-state index contributed by atoms with van der Waals surface area (Å²) in [6.07, 6.45) is 0. The fraction of sp³-hybridized carbons (Fsp3) is 0. The Morgan fingerprint density at radius 2 is 0.845 bits per heavy atom. The van der Waals surface area contributed by atoms with E-state index in [0.29, 0.717) is 33.6 Å². The van der Waals surface area contributed by atoms with E-state index in [1.807, 2.05) is 115 Å². The van der Waals surface area contributed by atoms with Crippen LogP contribution in [0.15, 0.2) is 182 Å². The lowest BCUT2D eigenvalue weighted by Crippen LogP contribution is -2.30. The summed E-state index contributed by atoms with van der Waals surface area (Å²) in [6, 6.07) is 63.0. The van der Waals surface area contributed by atoms with Crippen molar-refractivity contribution in [2.24, 2.45) is 0 Å². The quantitative estimate of drug-likeness (QED) is 0.159. The summed E-state index contributed by atoms with van der Waals surface area (Å²) in [7, 11) is 0. The number of carbonyl (C=O) groups excluding carboxylic acids is 2. The molecular formula is C52H30N4O2. The Labute approximate surface area is 334 Å². The van der Waals surface area contributed by atoms with E-state index in [2.05, 4.69) is 53.1 Å². The molecule has 9 aromatic rings. The van der Waals surface area contributed by atoms with Crippen molar-refractivity contribution in [1.82, 2.24) is 4.57 Å². The van der Waals surface area contributed by atoms with Crippen molar-refractivity contribution in [2.75, 3.05) is 4.90 Å². The van der Waals surface area contributed by atoms with E-state index < -0.39 is 5.91 Å². The summed E-state index contributed by atoms with van der Waals surface area (Å²) in [5.41, 5.74) is 11.7. The molecule has 0 unspecified atom stereocenters. The van der Waals surface area contributed by atoms with E-state index >= 15 is 4.79 Å². The number of carbonyl (C=O) groups is 2. The van der Waals surface area contributed by atoms with Crippen LogP contribution in [-0.4, -0.2) is 16.4 Å². The van der Waals surface area contributed by atoms with Crippen molar-refractivity contribution >= 4 is 39.3 Å². The van der Waals surface area contributed by atoms with Gasteiger partial charge in [-0.15, -0.1) is 0 Å². The molecule has 2 amide bonds. The van der Waals surface area contributed by atoms with Gasteiger partial charge in [0, 0.05) is 21.9 Å². The second-order valence-corrected chi connectivity index (χ2v) is 14.3. The summed E-state index contributed by atoms with van der Waals surface area (Å²) in [5, 5.41) is 20.8. The van der Waals surface area contributed by atoms with Gasteiger partial charge in [0.25, 0.3) is 11.8 Å². The molecule has 0 fully saturated rings. The Morgan fingerprint density at radius 3 is 1.33 bits per heavy atom. The SMILES string of the molecule is N#Cc1ccc(-c2ccc3c4ccc(-c5ccc(C#N)cc5)cc4n(-c4cccc5c4C(=O)N(c4c(-c6ccccc6)cccc4-c4ccccc4)C5=O)c3c2)cc1. The first kappa shape index (κ1) is 34.2. The minimum atomic E-state index is -0.405. The number of aromatic nitrogens is 1. The second kappa shape index (κ2) is 13.8. The molecule has 1 aromatic heterocycles. The highest BCUT2D eigenvalue weighted by Crippen LogP contribution is 2.45. The molecule has 0 N–H and O–H groups in total. The summed E-state index contributed by atoms with van der Waals surface area (Å²) in [4.78, 5) is 31.5. The molecule has 0 atom stereocenters. The maximum atomic E-state index is 15.3. The zero-order valence-corrected chi connectivity index (χ0v) is 30.9. The maximum Gasteiger partial charge on any atom is 0.268 e. The van der Waals surface area contributed by atoms with Crippen molar-refractivity contribution in [3.8, 4) is 62.3 Å². The molecule has 1 aliphatic heterocycles. The average Bonchev–Trinajstić information content (AvgIpc) is 3.75. The molecule has 0 spiro atoms. The highest BCUT2D eigenvalue weighted by molar-refractivity contribution is 6.37. The maximum absolute atomic E-state index is 15.3. The Balaban J connectivity index is 1.22. The summed E-state index contributed by atoms with van der Waals surface area (Å²) >= 11 is 0. The van der Waals surface area contributed by atoms with Crippen LogP contribution in [0.5, 0.6) is 0 Å². The van der Waals surface area contributed by atoms with Gasteiger partial charge in [-0.1, -0.05) is 133 Å². The van der Waals surface area contributed by atoms with Crippen molar-refractivity contribution < 1.29 is 9.59 Å². The molecule has 2 heterocycles. The molecule has 0 bridgehead atoms. The normalized spacial score (nSPS) is 12.1. The molecule has 0 radical (unpaired) electrons. The number of imide groups is 1. The van der Waals surface area contributed by atoms with Gasteiger partial charge in [0.1, 0.15) is 0 Å². The number of fused-ring (bicyclic) bond motifs is 4. The molecule has 0 aliphatic carbocycles. The zero-order valence-electron chi connectivity index (χ0n) is 30.9. The first-order valence-electron chi connectivity index (χ1n) is 18.9. The molecule has 10 rings (SSSR count). The minimum absolute atomic E-state index is 0.320. The molecule has 1 aliphatic rings. The van der Waals surface area contributed by atoms with Gasteiger partial charge in [-0.25, -0.2) is 4.90 Å². The van der Waals surface area contributed by atoms with E-state index in [0.717, 1.165) is 66.3 Å². The van der Waals surface area contributed by atoms with E-state index in [4.69, 9.17) is 0 Å². The number of hydrogen-bond donors (Lipinski definition) is 0. The molecule has 0 saturated heterocycles. The minimum Gasteiger partial charge on any atom is -0.308 e. The molecule has 58 heavy (non-hydrogen) atoms. The number of benzene rings is 8. The molecule has 270 valence electrons. The van der Waals surface area contributed by atoms with Crippen LogP contribution in [0.4, 0.5) is 5.69 Å². The smallest absolute Gasteiger partial charge is 0.268 e. The molecular weight excluding hydrogens is 713 g/mol. The predicted octanol–water partition coefficient (Wildman–Crippen LogP) is 12.0. The van der Waals surface area contributed by atoms with Gasteiger partial charge in [0.05, 0.1) is 56.8 Å². The summed E-state index contributed by atoms with van der Waals surface area (Å²) in [6.45, 7) is 0. The number of para-hydroxylation sites is 1. The van der Waals surface area contributed by atoms with Crippen molar-refractivity contribution in [2.45, 2.75) is 0 Å². The van der Waals surface area contributed by atoms with Gasteiger partial charge in [-0.2, -0.15) is 10.5 Å². The van der Waals surface area contributed by atoms with Crippen molar-refractivity contribution in [3.05, 3.63) is 204 Å². The lowest BCUT2D eigenvalue weighted by molar-refractivity contribution is 0.0926. The fourth-order valence-corrected chi connectivity index (χ4v) is 8.25. The highest BCUT2D eigenvalue weighted by Gasteiger charge is 2.41. The number of anilines is 1. The van der Waals surface area contributed by atoms with Gasteiger partial charge in [0.2, 0.25) is 0 Å². The Bertz CT molecular complexity index is 3030. The van der Waals surface area contributed by atoms with Crippen LogP contribution in [-0.2, 0) is 0 Å². The lowest BCUT2D eigenvalue weighted by Gasteiger charge is -2.23. The van der Waals surface area contributed by atoms with E-state index in [9.17, 15) is 15.3 Å². The average molecular weight is 743 g/mol. The third kappa shape index (κ3) is 5.48. The van der Waals surface area contributed by atoms with Crippen LogP contribution in [0.1, 0.15) is 31.8 Å². The largest absolute Gasteiger partial charge is 0.308 e. The van der Waals surface area contributed by atoms with Gasteiger partial charge in [-0.05, 0) is 81.9 Å². The molecule has 6 nitrogen and oxygen atoms in total. The van der Waals surface area contributed by atoms with Crippen LogP contribution < -0.4 is 4.90 Å². The van der Waals surface area contributed by atoms with E-state index in [1.54, 1.807) is 30.3 Å². The Kier molecular flexibility index (Phi) is 8.11. The number of nitrogens with zero attached hydrogens (tertiary/aromatic N) is 4. The Hall–Kier alpha value is -8.32.